The Morgan fingerprint density at radius 3 is 2.68 bits per heavy atom. The maximum atomic E-state index is 12.2. The van der Waals surface area contributed by atoms with Gasteiger partial charge in [-0.2, -0.15) is 0 Å². The number of nitrogens with one attached hydrogen (secondary N) is 1. The maximum absolute atomic E-state index is 12.2. The van der Waals surface area contributed by atoms with Gasteiger partial charge in [0.15, 0.2) is 0 Å². The summed E-state index contributed by atoms with van der Waals surface area (Å²) in [6.07, 6.45) is 2.20. The zero-order chi connectivity index (χ0) is 13.9. The second-order valence-electron chi connectivity index (χ2n) is 5.04. The predicted molar refractivity (Wildman–Crippen MR) is 78.4 cm³/mol. The molecule has 0 aliphatic heterocycles. The molecule has 0 bridgehead atoms. The number of methoxy groups -OCH3 is 1. The highest BCUT2D eigenvalue weighted by molar-refractivity contribution is 7.99. The Hall–Kier alpha value is -1.00. The lowest BCUT2D eigenvalue weighted by molar-refractivity contribution is -0.148. The predicted octanol–water partition coefficient (Wildman–Crippen LogP) is 2.63. The minimum atomic E-state index is -0.540. The molecule has 1 aromatic rings. The molecule has 0 spiro atoms. The molecule has 1 unspecified atom stereocenters. The lowest BCUT2D eigenvalue weighted by Gasteiger charge is -2.30. The number of aryl methyl sites for hydroxylation is 1. The topological polar surface area (TPSA) is 38.3 Å². The van der Waals surface area contributed by atoms with Gasteiger partial charge in [0, 0.05) is 10.6 Å². The third-order valence-corrected chi connectivity index (χ3v) is 5.19. The van der Waals surface area contributed by atoms with E-state index in [-0.39, 0.29) is 5.97 Å². The zero-order valence-corrected chi connectivity index (χ0v) is 12.5. The van der Waals surface area contributed by atoms with Crippen molar-refractivity contribution < 1.29 is 9.53 Å². The van der Waals surface area contributed by atoms with E-state index in [1.165, 1.54) is 17.6 Å². The molecule has 19 heavy (non-hydrogen) atoms. The molecule has 2 rings (SSSR count). The van der Waals surface area contributed by atoms with E-state index in [1.54, 1.807) is 11.8 Å². The second kappa shape index (κ2) is 5.97. The molecule has 1 fully saturated rings. The normalized spacial score (nSPS) is 17.8. The highest BCUT2D eigenvalue weighted by Gasteiger charge is 2.50. The summed E-state index contributed by atoms with van der Waals surface area (Å²) in [4.78, 5) is 13.4. The maximum Gasteiger partial charge on any atom is 0.327 e. The van der Waals surface area contributed by atoms with Crippen molar-refractivity contribution in [3.8, 4) is 0 Å². The van der Waals surface area contributed by atoms with Gasteiger partial charge in [0.2, 0.25) is 0 Å². The Morgan fingerprint density at radius 1 is 1.47 bits per heavy atom. The summed E-state index contributed by atoms with van der Waals surface area (Å²) in [5, 5.41) is 3.22. The van der Waals surface area contributed by atoms with Gasteiger partial charge >= 0.3 is 5.97 Å². The Kier molecular flexibility index (Phi) is 4.53. The molecule has 0 radical (unpaired) electrons. The molecule has 1 aromatic carbocycles. The van der Waals surface area contributed by atoms with Crippen LogP contribution in [0.4, 0.5) is 0 Å². The van der Waals surface area contributed by atoms with Crippen LogP contribution in [0.3, 0.4) is 0 Å². The lowest BCUT2D eigenvalue weighted by atomic mass is 9.96. The summed E-state index contributed by atoms with van der Waals surface area (Å²) in [7, 11) is 3.32. The number of hydrogen-bond acceptors (Lipinski definition) is 4. The lowest BCUT2D eigenvalue weighted by Crippen LogP contribution is -2.55. The van der Waals surface area contributed by atoms with Crippen LogP contribution >= 0.6 is 11.8 Å². The Labute approximate surface area is 119 Å². The number of carbonyl (C=O) groups excluding carboxylic acids is 1. The van der Waals surface area contributed by atoms with Crippen molar-refractivity contribution in [1.82, 2.24) is 5.32 Å². The van der Waals surface area contributed by atoms with Crippen LogP contribution in [0.15, 0.2) is 29.2 Å². The molecule has 1 atom stereocenters. The van der Waals surface area contributed by atoms with Gasteiger partial charge in [0.1, 0.15) is 5.54 Å². The van der Waals surface area contributed by atoms with Crippen molar-refractivity contribution in [1.29, 1.82) is 0 Å². The Bertz CT molecular complexity index is 459. The molecular formula is C15H21NO2S. The van der Waals surface area contributed by atoms with E-state index >= 15 is 0 Å². The molecule has 1 aliphatic carbocycles. The van der Waals surface area contributed by atoms with Crippen LogP contribution < -0.4 is 5.32 Å². The minimum absolute atomic E-state index is 0.140. The number of hydrogen-bond donors (Lipinski definition) is 1. The number of carbonyl (C=O) groups is 1. The van der Waals surface area contributed by atoms with E-state index in [9.17, 15) is 4.79 Å². The van der Waals surface area contributed by atoms with Crippen molar-refractivity contribution >= 4 is 17.7 Å². The molecule has 0 heterocycles. The van der Waals surface area contributed by atoms with Crippen LogP contribution in [0.2, 0.25) is 0 Å². The van der Waals surface area contributed by atoms with Crippen molar-refractivity contribution in [3.05, 3.63) is 29.8 Å². The molecule has 1 saturated carbocycles. The van der Waals surface area contributed by atoms with Crippen LogP contribution in [-0.4, -0.2) is 31.4 Å². The summed E-state index contributed by atoms with van der Waals surface area (Å²) in [6, 6.07) is 8.26. The smallest absolute Gasteiger partial charge is 0.327 e. The Morgan fingerprint density at radius 2 is 2.16 bits per heavy atom. The molecule has 0 aromatic heterocycles. The van der Waals surface area contributed by atoms with Gasteiger partial charge in [0.25, 0.3) is 0 Å². The van der Waals surface area contributed by atoms with Crippen LogP contribution in [0.25, 0.3) is 0 Å². The summed E-state index contributed by atoms with van der Waals surface area (Å²) in [5.74, 6) is 0.978. The van der Waals surface area contributed by atoms with E-state index in [4.69, 9.17) is 4.74 Å². The van der Waals surface area contributed by atoms with Crippen LogP contribution in [0.1, 0.15) is 18.4 Å². The molecule has 0 saturated heterocycles. The number of likely N-dealkylation sites (N-methyl/N-ethyl adjacent to an activating group) is 1. The highest BCUT2D eigenvalue weighted by Crippen LogP contribution is 2.43. The van der Waals surface area contributed by atoms with Crippen molar-refractivity contribution in [2.45, 2.75) is 30.2 Å². The van der Waals surface area contributed by atoms with Gasteiger partial charge in [-0.25, -0.2) is 0 Å². The van der Waals surface area contributed by atoms with Crippen LogP contribution in [0, 0.1) is 12.8 Å². The first-order valence-electron chi connectivity index (χ1n) is 6.60. The van der Waals surface area contributed by atoms with Gasteiger partial charge in [-0.15, -0.1) is 11.8 Å². The van der Waals surface area contributed by atoms with Gasteiger partial charge in [-0.05, 0) is 44.4 Å². The van der Waals surface area contributed by atoms with Gasteiger partial charge < -0.3 is 10.1 Å². The summed E-state index contributed by atoms with van der Waals surface area (Å²) in [5.41, 5.74) is 0.708. The van der Waals surface area contributed by atoms with E-state index in [2.05, 4.69) is 24.4 Å². The molecule has 3 nitrogen and oxygen atoms in total. The SMILES string of the molecule is CNC(CSc1ccccc1C)(C(=O)OC)C1CC1. The number of rotatable bonds is 6. The van der Waals surface area contributed by atoms with E-state index < -0.39 is 5.54 Å². The second-order valence-corrected chi connectivity index (χ2v) is 6.06. The molecule has 0 amide bonds. The number of benzene rings is 1. The minimum Gasteiger partial charge on any atom is -0.468 e. The fourth-order valence-electron chi connectivity index (χ4n) is 2.39. The van der Waals surface area contributed by atoms with E-state index in [1.807, 2.05) is 19.2 Å². The molecular weight excluding hydrogens is 258 g/mol. The highest BCUT2D eigenvalue weighted by atomic mass is 32.2. The first-order chi connectivity index (χ1) is 9.14. The first-order valence-corrected chi connectivity index (χ1v) is 7.58. The summed E-state index contributed by atoms with van der Waals surface area (Å²) >= 11 is 1.73. The van der Waals surface area contributed by atoms with Crippen LogP contribution in [0.5, 0.6) is 0 Å². The monoisotopic (exact) mass is 279 g/mol. The molecule has 104 valence electrons. The van der Waals surface area contributed by atoms with E-state index in [0.717, 1.165) is 12.8 Å². The average molecular weight is 279 g/mol. The number of esters is 1. The molecule has 1 N–H and O–H groups in total. The summed E-state index contributed by atoms with van der Waals surface area (Å²) in [6.45, 7) is 2.10. The van der Waals surface area contributed by atoms with Gasteiger partial charge in [-0.3, -0.25) is 4.79 Å². The molecule has 1 aliphatic rings. The van der Waals surface area contributed by atoms with E-state index in [0.29, 0.717) is 11.7 Å². The van der Waals surface area contributed by atoms with Gasteiger partial charge in [-0.1, -0.05) is 18.2 Å². The number of ether oxygens (including phenoxy) is 1. The van der Waals surface area contributed by atoms with Crippen molar-refractivity contribution in [3.63, 3.8) is 0 Å². The third kappa shape index (κ3) is 2.95. The van der Waals surface area contributed by atoms with Crippen LogP contribution in [-0.2, 0) is 9.53 Å². The zero-order valence-electron chi connectivity index (χ0n) is 11.7. The van der Waals surface area contributed by atoms with Gasteiger partial charge in [0.05, 0.1) is 7.11 Å². The standard InChI is InChI=1S/C15H21NO2S/c1-11-6-4-5-7-13(11)19-10-15(16-2,12-8-9-12)14(17)18-3/h4-7,12,16H,8-10H2,1-3H3. The average Bonchev–Trinajstić information content (AvgIpc) is 3.26. The Balaban J connectivity index is 2.13. The van der Waals surface area contributed by atoms with Crippen molar-refractivity contribution in [2.24, 2.45) is 5.92 Å². The third-order valence-electron chi connectivity index (χ3n) is 3.82. The quantitative estimate of drug-likeness (QED) is 0.642. The van der Waals surface area contributed by atoms with Crippen molar-refractivity contribution in [2.75, 3.05) is 19.9 Å². The largest absolute Gasteiger partial charge is 0.468 e. The summed E-state index contributed by atoms with van der Waals surface area (Å²) < 4.78 is 5.01. The first kappa shape index (κ1) is 14.4. The number of thioether (sulfide) groups is 1. The fourth-order valence-corrected chi connectivity index (χ4v) is 3.74. The fraction of sp³-hybridized carbons (Fsp3) is 0.533. The molecule has 4 heteroatoms.